The summed E-state index contributed by atoms with van der Waals surface area (Å²) in [5.41, 5.74) is 3.04. The van der Waals surface area contributed by atoms with E-state index in [9.17, 15) is 14.7 Å². The maximum atomic E-state index is 13.9. The van der Waals surface area contributed by atoms with Crippen LogP contribution in [0.25, 0.3) is 11.4 Å². The van der Waals surface area contributed by atoms with Gasteiger partial charge in [-0.05, 0) is 55.7 Å². The third kappa shape index (κ3) is 6.10. The van der Waals surface area contributed by atoms with E-state index in [4.69, 9.17) is 9.47 Å². The van der Waals surface area contributed by atoms with Crippen molar-refractivity contribution in [1.82, 2.24) is 19.6 Å². The first-order chi connectivity index (χ1) is 22.4. The molecule has 4 heterocycles. The van der Waals surface area contributed by atoms with Crippen molar-refractivity contribution >= 4 is 51.3 Å². The predicted molar refractivity (Wildman–Crippen MR) is 179 cm³/mol. The lowest BCUT2D eigenvalue weighted by molar-refractivity contribution is -0.132. The molecule has 2 aromatic carbocycles. The van der Waals surface area contributed by atoms with E-state index >= 15 is 0 Å². The maximum absolute atomic E-state index is 13.9. The van der Waals surface area contributed by atoms with Gasteiger partial charge < -0.3 is 14.6 Å². The zero-order valence-corrected chi connectivity index (χ0v) is 27.3. The molecule has 1 atom stereocenters. The molecule has 0 bridgehead atoms. The number of nitrogens with zero attached hydrogens (tertiary/aromatic N) is 5. The number of ether oxygens (including phenoxy) is 2. The number of thioether (sulfide) groups is 1. The van der Waals surface area contributed by atoms with E-state index in [0.717, 1.165) is 18.4 Å². The number of aromatic nitrogens is 4. The number of amides is 1. The molecular weight excluding hydrogens is 623 g/mol. The number of hydrogen-bond acceptors (Lipinski definition) is 10. The van der Waals surface area contributed by atoms with Crippen LogP contribution in [0.1, 0.15) is 55.2 Å². The number of rotatable bonds is 12. The summed E-state index contributed by atoms with van der Waals surface area (Å²) in [5.74, 6) is -0.264. The van der Waals surface area contributed by atoms with E-state index in [1.165, 1.54) is 28.0 Å². The van der Waals surface area contributed by atoms with Crippen LogP contribution in [0.2, 0.25) is 0 Å². The van der Waals surface area contributed by atoms with Crippen LogP contribution in [0, 0.1) is 6.92 Å². The Labute approximate surface area is 274 Å². The fourth-order valence-corrected chi connectivity index (χ4v) is 7.18. The van der Waals surface area contributed by atoms with Crippen LogP contribution >= 0.6 is 23.1 Å². The van der Waals surface area contributed by atoms with Gasteiger partial charge in [0, 0.05) is 11.9 Å². The number of hydrogen-bond donors (Lipinski definition) is 1. The van der Waals surface area contributed by atoms with Gasteiger partial charge in [-0.25, -0.2) is 4.98 Å². The van der Waals surface area contributed by atoms with Crippen LogP contribution in [0.4, 0.5) is 5.13 Å². The number of aryl methyl sites for hydroxylation is 1. The van der Waals surface area contributed by atoms with Crippen LogP contribution < -0.4 is 14.4 Å². The predicted octanol–water partition coefficient (Wildman–Crippen LogP) is 6.99. The van der Waals surface area contributed by atoms with E-state index in [0.29, 0.717) is 57.4 Å². The number of aliphatic hydroxyl groups excluding tert-OH is 1. The zero-order valence-electron chi connectivity index (χ0n) is 25.7. The minimum Gasteiger partial charge on any atom is -0.505 e. The molecule has 0 saturated carbocycles. The largest absolute Gasteiger partial charge is 0.505 e. The topological polar surface area (TPSA) is 119 Å². The molecule has 12 heteroatoms. The number of ketones is 1. The summed E-state index contributed by atoms with van der Waals surface area (Å²) in [7, 11) is 0. The monoisotopic (exact) mass is 655 g/mol. The fourth-order valence-electron chi connectivity index (χ4n) is 5.36. The van der Waals surface area contributed by atoms with Gasteiger partial charge in [0.25, 0.3) is 5.78 Å². The third-order valence-electron chi connectivity index (χ3n) is 7.52. The second-order valence-electron chi connectivity index (χ2n) is 10.6. The summed E-state index contributed by atoms with van der Waals surface area (Å²) in [5, 5.41) is 20.8. The first-order valence-electron chi connectivity index (χ1n) is 15.1. The molecule has 1 saturated heterocycles. The number of carbonyl (C=O) groups excluding carboxylic acids is 2. The number of carbonyl (C=O) groups is 2. The third-order valence-corrected chi connectivity index (χ3v) is 9.65. The van der Waals surface area contributed by atoms with Crippen molar-refractivity contribution in [3.63, 3.8) is 0 Å². The number of unbranched alkanes of at least 4 members (excludes halogenated alkanes) is 1. The Balaban J connectivity index is 1.46. The average Bonchev–Trinajstić information content (AvgIpc) is 3.74. The first-order valence-corrected chi connectivity index (χ1v) is 16.9. The number of anilines is 1. The lowest BCUT2D eigenvalue weighted by Crippen LogP contribution is -2.29. The minimum atomic E-state index is -1.02. The molecule has 1 N–H and O–H groups in total. The molecule has 1 fully saturated rings. The molecule has 0 spiro atoms. The molecule has 0 radical (unpaired) electrons. The number of benzene rings is 2. The Bertz CT molecular complexity index is 1920. The van der Waals surface area contributed by atoms with Gasteiger partial charge in [-0.2, -0.15) is 0 Å². The van der Waals surface area contributed by atoms with Gasteiger partial charge in [-0.3, -0.25) is 18.9 Å². The number of Topliss-reactive ketones (excluding diaryl/α,β-unsaturated/α-hetero) is 1. The molecule has 1 unspecified atom stereocenters. The molecule has 10 nitrogen and oxygen atoms in total. The Kier molecular flexibility index (Phi) is 9.36. The second-order valence-corrected chi connectivity index (χ2v) is 12.8. The molecule has 46 heavy (non-hydrogen) atoms. The summed E-state index contributed by atoms with van der Waals surface area (Å²) < 4.78 is 14.3. The summed E-state index contributed by atoms with van der Waals surface area (Å²) in [4.78, 5) is 33.6. The first kappa shape index (κ1) is 31.3. The molecule has 236 valence electrons. The zero-order chi connectivity index (χ0) is 32.2. The van der Waals surface area contributed by atoms with Crippen molar-refractivity contribution in [2.45, 2.75) is 49.7 Å². The minimum absolute atomic E-state index is 0.0745. The summed E-state index contributed by atoms with van der Waals surface area (Å²) >= 11 is 2.71. The Morgan fingerprint density at radius 1 is 1.00 bits per heavy atom. The van der Waals surface area contributed by atoms with E-state index in [2.05, 4.69) is 22.1 Å². The number of fused-ring (bicyclic) bond motifs is 1. The van der Waals surface area contributed by atoms with Crippen LogP contribution in [0.3, 0.4) is 0 Å². The highest BCUT2D eigenvalue weighted by atomic mass is 32.2. The number of imidazole rings is 1. The summed E-state index contributed by atoms with van der Waals surface area (Å²) in [6.45, 7) is 6.62. The summed E-state index contributed by atoms with van der Waals surface area (Å²) in [6, 6.07) is 19.7. The molecule has 1 aliphatic rings. The van der Waals surface area contributed by atoms with E-state index < -0.39 is 17.7 Å². The molecule has 5 aromatic rings. The van der Waals surface area contributed by atoms with Crippen molar-refractivity contribution < 1.29 is 24.2 Å². The molecular formula is C34H33N5O5S2. The van der Waals surface area contributed by atoms with Crippen LogP contribution in [-0.4, -0.2) is 49.6 Å². The lowest BCUT2D eigenvalue weighted by atomic mass is 9.96. The van der Waals surface area contributed by atoms with Crippen molar-refractivity contribution in [2.75, 3.05) is 18.1 Å². The highest BCUT2D eigenvalue weighted by molar-refractivity contribution is 8.00. The van der Waals surface area contributed by atoms with Gasteiger partial charge in [0.05, 0.1) is 30.5 Å². The second kappa shape index (κ2) is 13.8. The fraction of sp³-hybridized carbons (Fsp3) is 0.265. The number of pyridine rings is 1. The average molecular weight is 656 g/mol. The molecule has 1 aliphatic heterocycles. The number of aliphatic hydroxyl groups is 1. The van der Waals surface area contributed by atoms with Gasteiger partial charge >= 0.3 is 5.91 Å². The van der Waals surface area contributed by atoms with Crippen molar-refractivity contribution in [2.24, 2.45) is 0 Å². The molecule has 6 rings (SSSR count). The van der Waals surface area contributed by atoms with Gasteiger partial charge in [0.15, 0.2) is 21.6 Å². The van der Waals surface area contributed by atoms with Gasteiger partial charge in [0.2, 0.25) is 5.13 Å². The Morgan fingerprint density at radius 3 is 2.59 bits per heavy atom. The lowest BCUT2D eigenvalue weighted by Gasteiger charge is -2.23. The highest BCUT2D eigenvalue weighted by Crippen LogP contribution is 2.46. The van der Waals surface area contributed by atoms with Crippen LogP contribution in [-0.2, 0) is 15.3 Å². The van der Waals surface area contributed by atoms with E-state index in [1.54, 1.807) is 41.8 Å². The molecule has 0 aliphatic carbocycles. The highest BCUT2D eigenvalue weighted by Gasteiger charge is 2.49. The van der Waals surface area contributed by atoms with Crippen molar-refractivity contribution in [3.8, 4) is 11.5 Å². The van der Waals surface area contributed by atoms with Gasteiger partial charge in [0.1, 0.15) is 11.3 Å². The maximum Gasteiger partial charge on any atom is 0.301 e. The smallest absolute Gasteiger partial charge is 0.301 e. The standard InChI is InChI=1S/C34H33N5O5S2/c1-4-6-18-44-24-16-15-23(19-25(24)43-5-2)29-27(30(40)28-21(3)35-26-14-10-11-17-38(26)28)31(41)32(42)39(29)33-36-37-34(46-33)45-20-22-12-8-7-9-13-22/h7-17,19,29,40H,4-6,18,20H2,1-3H3. The van der Waals surface area contributed by atoms with Crippen LogP contribution in [0.5, 0.6) is 11.5 Å². The quantitative estimate of drug-likeness (QED) is 0.0379. The SMILES string of the molecule is CCCCOc1ccc(C2C(=C(O)c3c(C)nc4ccccn34)C(=O)C(=O)N2c2nnc(SCc3ccccc3)s2)cc1OCC. The Morgan fingerprint density at radius 2 is 1.80 bits per heavy atom. The molecule has 3 aromatic heterocycles. The van der Waals surface area contributed by atoms with Gasteiger partial charge in [-0.15, -0.1) is 10.2 Å². The molecule has 1 amide bonds. The van der Waals surface area contributed by atoms with E-state index in [1.807, 2.05) is 49.4 Å². The summed E-state index contributed by atoms with van der Waals surface area (Å²) in [6.07, 6.45) is 3.62. The van der Waals surface area contributed by atoms with Gasteiger partial charge in [-0.1, -0.05) is 78.9 Å². The van der Waals surface area contributed by atoms with Crippen molar-refractivity contribution in [3.05, 3.63) is 101 Å². The van der Waals surface area contributed by atoms with Crippen LogP contribution in [0.15, 0.2) is 82.8 Å². The Hall–Kier alpha value is -4.68. The normalized spacial score (nSPS) is 16.0. The van der Waals surface area contributed by atoms with Crippen molar-refractivity contribution in [1.29, 1.82) is 0 Å². The van der Waals surface area contributed by atoms with E-state index in [-0.39, 0.29) is 16.5 Å².